The monoisotopic (exact) mass is 324 g/mol. The number of benzene rings is 1. The van der Waals surface area contributed by atoms with Crippen molar-refractivity contribution in [2.75, 3.05) is 13.0 Å². The fourth-order valence-electron chi connectivity index (χ4n) is 0.890. The average molecular weight is 325 g/mol. The quantitative estimate of drug-likeness (QED) is 0.402. The second kappa shape index (κ2) is 5.41. The van der Waals surface area contributed by atoms with Crippen LogP contribution in [0.2, 0.25) is 0 Å². The lowest BCUT2D eigenvalue weighted by atomic mass is 10.3. The molecule has 0 aliphatic rings. The molecule has 0 fully saturated rings. The predicted octanol–water partition coefficient (Wildman–Crippen LogP) is 2.53. The molecule has 0 spiro atoms. The molecule has 1 aromatic rings. The van der Waals surface area contributed by atoms with E-state index < -0.39 is 0 Å². The number of amidine groups is 1. The normalized spacial score (nSPS) is 11.5. The van der Waals surface area contributed by atoms with Crippen LogP contribution in [-0.2, 0) is 0 Å². The van der Waals surface area contributed by atoms with Crippen LogP contribution >= 0.6 is 34.2 Å². The summed E-state index contributed by atoms with van der Waals surface area (Å²) in [5, 5.41) is 0. The van der Waals surface area contributed by atoms with Crippen LogP contribution in [0.4, 0.5) is 5.69 Å². The lowest BCUT2D eigenvalue weighted by Gasteiger charge is -2.03. The van der Waals surface area contributed by atoms with Crippen LogP contribution in [-0.4, -0.2) is 18.8 Å². The number of methoxy groups -OCH3 is 1. The van der Waals surface area contributed by atoms with Crippen LogP contribution in [0.5, 0.6) is 5.75 Å². The van der Waals surface area contributed by atoms with Crippen LogP contribution in [0.3, 0.4) is 0 Å². The highest BCUT2D eigenvalue weighted by Crippen LogP contribution is 2.25. The molecule has 0 aliphatic carbocycles. The van der Waals surface area contributed by atoms with E-state index in [0.29, 0.717) is 5.84 Å². The summed E-state index contributed by atoms with van der Waals surface area (Å²) in [6, 6.07) is 5.57. The van der Waals surface area contributed by atoms with E-state index in [1.54, 1.807) is 7.11 Å². The highest BCUT2D eigenvalue weighted by atomic mass is 127. The van der Waals surface area contributed by atoms with Crippen molar-refractivity contribution in [1.29, 1.82) is 0 Å². The van der Waals surface area contributed by atoms with E-state index in [1.165, 1.54) is 0 Å². The summed E-state index contributed by atoms with van der Waals surface area (Å²) in [6.07, 6.45) is 0. The third-order valence-electron chi connectivity index (χ3n) is 1.56. The second-order valence-corrected chi connectivity index (χ2v) is 3.98. The Morgan fingerprint density at radius 1 is 1.64 bits per heavy atom. The van der Waals surface area contributed by atoms with Gasteiger partial charge >= 0.3 is 0 Å². The summed E-state index contributed by atoms with van der Waals surface area (Å²) in [5.74, 6) is 1.45. The number of ether oxygens (including phenoxy) is 1. The number of nitrogens with two attached hydrogens (primary N) is 1. The minimum Gasteiger partial charge on any atom is -0.497 e. The molecule has 76 valence electrons. The van der Waals surface area contributed by atoms with E-state index in [0.717, 1.165) is 15.0 Å². The maximum absolute atomic E-state index is 5.53. The Hall–Kier alpha value is -0.490. The van der Waals surface area contributed by atoms with Crippen molar-refractivity contribution in [3.05, 3.63) is 21.8 Å². The zero-order chi connectivity index (χ0) is 10.6. The predicted molar refractivity (Wildman–Crippen MR) is 67.7 cm³/mol. The van der Waals surface area contributed by atoms with Gasteiger partial charge < -0.3 is 10.5 Å². The summed E-state index contributed by atoms with van der Waals surface area (Å²) in [6.45, 7) is 0. The van der Waals surface area contributed by atoms with E-state index in [-0.39, 0.29) is 5.88 Å². The molecule has 3 nitrogen and oxygen atoms in total. The van der Waals surface area contributed by atoms with Gasteiger partial charge in [0.1, 0.15) is 11.6 Å². The van der Waals surface area contributed by atoms with E-state index in [1.807, 2.05) is 18.2 Å². The Labute approximate surface area is 101 Å². The summed E-state index contributed by atoms with van der Waals surface area (Å²) < 4.78 is 6.05. The highest BCUT2D eigenvalue weighted by Gasteiger charge is 2.00. The van der Waals surface area contributed by atoms with Crippen molar-refractivity contribution in [2.45, 2.75) is 0 Å². The minimum atomic E-state index is 0.238. The fraction of sp³-hybridized carbons (Fsp3) is 0.222. The first kappa shape index (κ1) is 11.6. The zero-order valence-corrected chi connectivity index (χ0v) is 10.5. The fourth-order valence-corrected chi connectivity index (χ4v) is 1.56. The minimum absolute atomic E-state index is 0.238. The lowest BCUT2D eigenvalue weighted by molar-refractivity contribution is 0.414. The largest absolute Gasteiger partial charge is 0.497 e. The average Bonchev–Trinajstić information content (AvgIpc) is 2.20. The number of hydrogen-bond donors (Lipinski definition) is 1. The van der Waals surface area contributed by atoms with Crippen molar-refractivity contribution < 1.29 is 4.74 Å². The van der Waals surface area contributed by atoms with Crippen molar-refractivity contribution >= 4 is 45.7 Å². The number of alkyl halides is 1. The first-order chi connectivity index (χ1) is 6.67. The van der Waals surface area contributed by atoms with Crippen LogP contribution < -0.4 is 10.5 Å². The Kier molecular flexibility index (Phi) is 4.47. The molecular weight excluding hydrogens is 314 g/mol. The molecule has 0 amide bonds. The second-order valence-electron chi connectivity index (χ2n) is 2.55. The molecule has 0 bridgehead atoms. The third-order valence-corrected chi connectivity index (χ3v) is 2.69. The molecule has 0 aromatic heterocycles. The SMILES string of the molecule is COc1ccc(N=C(N)CCl)c(I)c1. The Balaban J connectivity index is 3.00. The number of hydrogen-bond acceptors (Lipinski definition) is 2. The standard InChI is InChI=1S/C9H10ClIN2O/c1-14-6-2-3-8(7(11)4-6)13-9(12)5-10/h2-4H,5H2,1H3,(H2,12,13). The van der Waals surface area contributed by atoms with Crippen molar-refractivity contribution in [2.24, 2.45) is 10.7 Å². The maximum Gasteiger partial charge on any atom is 0.120 e. The molecule has 0 saturated carbocycles. The van der Waals surface area contributed by atoms with Gasteiger partial charge in [0.15, 0.2) is 0 Å². The number of halogens is 2. The van der Waals surface area contributed by atoms with Gasteiger partial charge in [-0.3, -0.25) is 0 Å². The van der Waals surface area contributed by atoms with Gasteiger partial charge in [-0.25, -0.2) is 4.99 Å². The molecule has 14 heavy (non-hydrogen) atoms. The van der Waals surface area contributed by atoms with Crippen LogP contribution in [0.25, 0.3) is 0 Å². The van der Waals surface area contributed by atoms with E-state index >= 15 is 0 Å². The van der Waals surface area contributed by atoms with Gasteiger partial charge in [-0.1, -0.05) is 0 Å². The molecule has 0 radical (unpaired) electrons. The number of nitrogens with zero attached hydrogens (tertiary/aromatic N) is 1. The van der Waals surface area contributed by atoms with Crippen LogP contribution in [0.1, 0.15) is 0 Å². The highest BCUT2D eigenvalue weighted by molar-refractivity contribution is 14.1. The topological polar surface area (TPSA) is 47.6 Å². The maximum atomic E-state index is 5.53. The summed E-state index contributed by atoms with van der Waals surface area (Å²) in [4.78, 5) is 4.15. The van der Waals surface area contributed by atoms with Crippen molar-refractivity contribution in [1.82, 2.24) is 0 Å². The molecule has 0 aliphatic heterocycles. The van der Waals surface area contributed by atoms with Crippen LogP contribution in [0, 0.1) is 3.57 Å². The molecular formula is C9H10ClIN2O. The molecule has 1 aromatic carbocycles. The Morgan fingerprint density at radius 3 is 2.86 bits per heavy atom. The lowest BCUT2D eigenvalue weighted by Crippen LogP contribution is -2.12. The molecule has 1 rings (SSSR count). The van der Waals surface area contributed by atoms with Gasteiger partial charge in [0.05, 0.1) is 18.7 Å². The van der Waals surface area contributed by atoms with Crippen molar-refractivity contribution in [3.8, 4) is 5.75 Å². The van der Waals surface area contributed by atoms with E-state index in [9.17, 15) is 0 Å². The van der Waals surface area contributed by atoms with Crippen molar-refractivity contribution in [3.63, 3.8) is 0 Å². The molecule has 0 heterocycles. The number of aliphatic imine (C=N–C) groups is 1. The molecule has 0 atom stereocenters. The smallest absolute Gasteiger partial charge is 0.120 e. The summed E-state index contributed by atoms with van der Waals surface area (Å²) in [7, 11) is 1.63. The summed E-state index contributed by atoms with van der Waals surface area (Å²) >= 11 is 7.70. The van der Waals surface area contributed by atoms with Gasteiger partial charge in [0, 0.05) is 3.57 Å². The van der Waals surface area contributed by atoms with E-state index in [4.69, 9.17) is 22.1 Å². The summed E-state index contributed by atoms with van der Waals surface area (Å²) in [5.41, 5.74) is 6.34. The third kappa shape index (κ3) is 3.02. The van der Waals surface area contributed by atoms with Gasteiger partial charge in [-0.2, -0.15) is 0 Å². The van der Waals surface area contributed by atoms with Gasteiger partial charge in [0.25, 0.3) is 0 Å². The van der Waals surface area contributed by atoms with E-state index in [2.05, 4.69) is 27.6 Å². The van der Waals surface area contributed by atoms with Gasteiger partial charge in [-0.15, -0.1) is 11.6 Å². The van der Waals surface area contributed by atoms with Gasteiger partial charge in [0.2, 0.25) is 0 Å². The molecule has 5 heteroatoms. The zero-order valence-electron chi connectivity index (χ0n) is 7.63. The molecule has 0 unspecified atom stereocenters. The first-order valence-electron chi connectivity index (χ1n) is 3.90. The Bertz CT molecular complexity index is 355. The number of rotatable bonds is 3. The Morgan fingerprint density at radius 2 is 2.36 bits per heavy atom. The van der Waals surface area contributed by atoms with Crippen LogP contribution in [0.15, 0.2) is 23.2 Å². The molecule has 0 saturated heterocycles. The first-order valence-corrected chi connectivity index (χ1v) is 5.51. The van der Waals surface area contributed by atoms with Gasteiger partial charge in [-0.05, 0) is 40.8 Å². The molecule has 2 N–H and O–H groups in total.